The van der Waals surface area contributed by atoms with Gasteiger partial charge >= 0.3 is 6.09 Å². The molecular weight excluding hydrogens is 378 g/mol. The molecule has 0 aliphatic carbocycles. The van der Waals surface area contributed by atoms with Gasteiger partial charge in [-0.15, -0.1) is 5.10 Å². The van der Waals surface area contributed by atoms with Gasteiger partial charge in [0.25, 0.3) is 0 Å². The zero-order valence-corrected chi connectivity index (χ0v) is 17.8. The zero-order chi connectivity index (χ0) is 21.4. The van der Waals surface area contributed by atoms with Crippen molar-refractivity contribution in [3.8, 4) is 0 Å². The van der Waals surface area contributed by atoms with E-state index < -0.39 is 6.09 Å². The third kappa shape index (κ3) is 6.40. The molecule has 3 atom stereocenters. The van der Waals surface area contributed by atoms with Crippen LogP contribution in [0.3, 0.4) is 0 Å². The molecule has 0 spiro atoms. The zero-order valence-electron chi connectivity index (χ0n) is 17.8. The van der Waals surface area contributed by atoms with E-state index in [9.17, 15) is 14.7 Å². The van der Waals surface area contributed by atoms with Crippen molar-refractivity contribution in [3.63, 3.8) is 0 Å². The van der Waals surface area contributed by atoms with E-state index in [0.717, 1.165) is 5.69 Å². The first-order valence-electron chi connectivity index (χ1n) is 10.1. The van der Waals surface area contributed by atoms with Crippen LogP contribution in [0.2, 0.25) is 0 Å². The second-order valence-corrected chi connectivity index (χ2v) is 7.54. The number of aryl methyl sites for hydroxylation is 1. The van der Waals surface area contributed by atoms with E-state index >= 15 is 0 Å². The van der Waals surface area contributed by atoms with Crippen molar-refractivity contribution in [2.24, 2.45) is 5.92 Å². The van der Waals surface area contributed by atoms with Crippen LogP contribution in [0.4, 0.5) is 4.79 Å². The van der Waals surface area contributed by atoms with Crippen LogP contribution in [0.25, 0.3) is 0 Å². The van der Waals surface area contributed by atoms with Gasteiger partial charge in [-0.3, -0.25) is 4.79 Å². The van der Waals surface area contributed by atoms with Gasteiger partial charge in [0.2, 0.25) is 5.91 Å². The molecule has 0 saturated heterocycles. The maximum Gasteiger partial charge on any atom is 0.409 e. The first kappa shape index (κ1) is 23.1. The second-order valence-electron chi connectivity index (χ2n) is 7.54. The van der Waals surface area contributed by atoms with Crippen LogP contribution in [0.1, 0.15) is 39.3 Å². The van der Waals surface area contributed by atoms with Gasteiger partial charge in [-0.05, 0) is 20.3 Å². The van der Waals surface area contributed by atoms with E-state index in [1.807, 2.05) is 13.8 Å². The van der Waals surface area contributed by atoms with Gasteiger partial charge < -0.3 is 24.4 Å². The summed E-state index contributed by atoms with van der Waals surface area (Å²) >= 11 is 0. The third-order valence-electron chi connectivity index (χ3n) is 5.17. The quantitative estimate of drug-likeness (QED) is 0.766. The molecule has 1 aromatic heterocycles. The van der Waals surface area contributed by atoms with Crippen LogP contribution in [0.5, 0.6) is 0 Å². The lowest BCUT2D eigenvalue weighted by Crippen LogP contribution is -2.48. The van der Waals surface area contributed by atoms with Gasteiger partial charge in [0.1, 0.15) is 0 Å². The standard InChI is InChI=1S/C19H33N5O5/c1-5-28-19(27)22(4)11-17-14(2)10-23(15(3)12-25)18(26)7-6-8-24-16(13-29-17)9-20-21-24/h9,14-15,17,25H,5-8,10-13H2,1-4H3/t14-,15-,17-/m1/s1. The number of hydrogen-bond acceptors (Lipinski definition) is 7. The summed E-state index contributed by atoms with van der Waals surface area (Å²) in [5, 5.41) is 17.6. The number of nitrogens with zero attached hydrogens (tertiary/aromatic N) is 5. The van der Waals surface area contributed by atoms with Gasteiger partial charge in [-0.2, -0.15) is 0 Å². The smallest absolute Gasteiger partial charge is 0.409 e. The van der Waals surface area contributed by atoms with Crippen molar-refractivity contribution in [2.45, 2.75) is 58.9 Å². The summed E-state index contributed by atoms with van der Waals surface area (Å²) in [6.07, 6.45) is 1.90. The molecular formula is C19H33N5O5. The lowest BCUT2D eigenvalue weighted by molar-refractivity contribution is -0.136. The molecule has 0 radical (unpaired) electrons. The first-order valence-corrected chi connectivity index (χ1v) is 10.1. The van der Waals surface area contributed by atoms with Crippen molar-refractivity contribution in [2.75, 3.05) is 33.4 Å². The van der Waals surface area contributed by atoms with E-state index in [2.05, 4.69) is 10.3 Å². The number of likely N-dealkylation sites (N-methyl/N-ethyl adjacent to an activating group) is 1. The van der Waals surface area contributed by atoms with Gasteiger partial charge in [0, 0.05) is 32.5 Å². The maximum atomic E-state index is 12.8. The molecule has 0 unspecified atom stereocenters. The Morgan fingerprint density at radius 2 is 2.28 bits per heavy atom. The molecule has 1 N–H and O–H groups in total. The molecule has 0 fully saturated rings. The largest absolute Gasteiger partial charge is 0.450 e. The van der Waals surface area contributed by atoms with Crippen molar-refractivity contribution >= 4 is 12.0 Å². The molecule has 2 heterocycles. The molecule has 2 rings (SSSR count). The summed E-state index contributed by atoms with van der Waals surface area (Å²) < 4.78 is 13.0. The minimum atomic E-state index is -0.419. The number of amides is 2. The minimum Gasteiger partial charge on any atom is -0.450 e. The van der Waals surface area contributed by atoms with Gasteiger partial charge in [-0.1, -0.05) is 12.1 Å². The summed E-state index contributed by atoms with van der Waals surface area (Å²) in [7, 11) is 1.66. The fourth-order valence-corrected chi connectivity index (χ4v) is 3.32. The van der Waals surface area contributed by atoms with Crippen molar-refractivity contribution in [3.05, 3.63) is 11.9 Å². The fourth-order valence-electron chi connectivity index (χ4n) is 3.32. The summed E-state index contributed by atoms with van der Waals surface area (Å²) in [5.74, 6) is -0.0910. The normalized spacial score (nSPS) is 22.2. The van der Waals surface area contributed by atoms with E-state index in [1.54, 1.807) is 29.7 Å². The molecule has 1 aromatic rings. The van der Waals surface area contributed by atoms with E-state index in [1.165, 1.54) is 4.90 Å². The predicted octanol–water partition coefficient (Wildman–Crippen LogP) is 0.891. The lowest BCUT2D eigenvalue weighted by atomic mass is 10.0. The highest BCUT2D eigenvalue weighted by Gasteiger charge is 2.29. The molecule has 10 nitrogen and oxygen atoms in total. The van der Waals surface area contributed by atoms with Crippen LogP contribution in [-0.4, -0.2) is 87.4 Å². The summed E-state index contributed by atoms with van der Waals surface area (Å²) in [6, 6.07) is -0.293. The van der Waals surface area contributed by atoms with Crippen molar-refractivity contribution < 1.29 is 24.2 Å². The van der Waals surface area contributed by atoms with E-state index in [-0.39, 0.29) is 30.6 Å². The SMILES string of the molecule is CCOC(=O)N(C)C[C@H]1OCc2cnnn2CCCC(=O)N([C@H](C)CO)C[C@H]1C. The highest BCUT2D eigenvalue weighted by Crippen LogP contribution is 2.18. The van der Waals surface area contributed by atoms with Gasteiger partial charge in [-0.25, -0.2) is 9.48 Å². The van der Waals surface area contributed by atoms with Crippen molar-refractivity contribution in [1.82, 2.24) is 24.8 Å². The molecule has 1 aliphatic heterocycles. The second kappa shape index (κ2) is 11.1. The number of aromatic nitrogens is 3. The number of fused-ring (bicyclic) bond motifs is 1. The summed E-state index contributed by atoms with van der Waals surface area (Å²) in [5.41, 5.74) is 0.828. The molecule has 0 aromatic carbocycles. The molecule has 29 heavy (non-hydrogen) atoms. The first-order chi connectivity index (χ1) is 13.9. The van der Waals surface area contributed by atoms with Crippen LogP contribution in [-0.2, 0) is 27.4 Å². The third-order valence-corrected chi connectivity index (χ3v) is 5.17. The molecule has 2 amide bonds. The Morgan fingerprint density at radius 1 is 1.52 bits per heavy atom. The maximum absolute atomic E-state index is 12.8. The monoisotopic (exact) mass is 411 g/mol. The topological polar surface area (TPSA) is 110 Å². The van der Waals surface area contributed by atoms with Crippen LogP contribution >= 0.6 is 0 Å². The Kier molecular flexibility index (Phi) is 8.84. The summed E-state index contributed by atoms with van der Waals surface area (Å²) in [6.45, 7) is 7.37. The number of hydrogen-bond donors (Lipinski definition) is 1. The molecule has 0 saturated carbocycles. The lowest BCUT2D eigenvalue weighted by Gasteiger charge is -2.35. The Bertz CT molecular complexity index is 667. The average Bonchev–Trinajstić information content (AvgIpc) is 3.14. The van der Waals surface area contributed by atoms with Gasteiger partial charge in [0.15, 0.2) is 0 Å². The van der Waals surface area contributed by atoms with Gasteiger partial charge in [0.05, 0.1) is 50.4 Å². The number of rotatable bonds is 5. The molecule has 1 aliphatic rings. The minimum absolute atomic E-state index is 0.0156. The highest BCUT2D eigenvalue weighted by molar-refractivity contribution is 5.76. The number of ether oxygens (including phenoxy) is 2. The summed E-state index contributed by atoms with van der Waals surface area (Å²) in [4.78, 5) is 28.0. The Balaban J connectivity index is 2.23. The fraction of sp³-hybridized carbons (Fsp3) is 0.789. The Morgan fingerprint density at radius 3 is 2.97 bits per heavy atom. The molecule has 0 bridgehead atoms. The van der Waals surface area contributed by atoms with Crippen LogP contribution in [0, 0.1) is 5.92 Å². The van der Waals surface area contributed by atoms with Crippen LogP contribution in [0.15, 0.2) is 6.20 Å². The van der Waals surface area contributed by atoms with Crippen molar-refractivity contribution in [1.29, 1.82) is 0 Å². The number of carbonyl (C=O) groups excluding carboxylic acids is 2. The molecule has 10 heteroatoms. The van der Waals surface area contributed by atoms with Crippen LogP contribution < -0.4 is 0 Å². The average molecular weight is 412 g/mol. The van der Waals surface area contributed by atoms with E-state index in [4.69, 9.17) is 9.47 Å². The molecule has 164 valence electrons. The predicted molar refractivity (Wildman–Crippen MR) is 105 cm³/mol. The Hall–Kier alpha value is -2.20. The Labute approximate surface area is 171 Å². The number of aliphatic hydroxyl groups is 1. The number of carbonyl (C=O) groups is 2. The van der Waals surface area contributed by atoms with E-state index in [0.29, 0.717) is 45.7 Å². The highest BCUT2D eigenvalue weighted by atomic mass is 16.6. The number of aliphatic hydroxyl groups excluding tert-OH is 1.